The molecule has 0 unspecified atom stereocenters. The molecule has 0 aliphatic carbocycles. The zero-order valence-corrected chi connectivity index (χ0v) is 15.5. The smallest absolute Gasteiger partial charge is 0.242 e. The normalized spacial score (nSPS) is 18.3. The van der Waals surface area contributed by atoms with Crippen LogP contribution in [0.5, 0.6) is 0 Å². The number of likely N-dealkylation sites (tertiary alicyclic amines) is 2. The van der Waals surface area contributed by atoms with Gasteiger partial charge in [-0.1, -0.05) is 6.07 Å². The number of carbonyl (C=O) groups is 2. The Balaban J connectivity index is 1.34. The molecule has 0 N–H and O–H groups in total. The standard InChI is InChI=1S/C20H25N5O2/c26-18-5-3-10-24(18)15-19(27)23-11-6-16(7-12-23)20-22-9-13-25(20)14-17-4-1-2-8-21-17/h1-2,4,8-9,13,16H,3,5-7,10-12,14-15H2. The lowest BCUT2D eigenvalue weighted by molar-refractivity contribution is -0.139. The van der Waals surface area contributed by atoms with Crippen molar-refractivity contribution < 1.29 is 9.59 Å². The van der Waals surface area contributed by atoms with Gasteiger partial charge in [-0.05, 0) is 31.4 Å². The van der Waals surface area contributed by atoms with Crippen LogP contribution in [0.2, 0.25) is 0 Å². The first-order valence-electron chi connectivity index (χ1n) is 9.67. The maximum Gasteiger partial charge on any atom is 0.242 e. The van der Waals surface area contributed by atoms with Crippen LogP contribution in [0.15, 0.2) is 36.8 Å². The van der Waals surface area contributed by atoms with Gasteiger partial charge in [0.2, 0.25) is 11.8 Å². The summed E-state index contributed by atoms with van der Waals surface area (Å²) in [6.07, 6.45) is 8.90. The van der Waals surface area contributed by atoms with Gasteiger partial charge in [0.05, 0.1) is 18.8 Å². The van der Waals surface area contributed by atoms with Gasteiger partial charge in [-0.15, -0.1) is 0 Å². The minimum Gasteiger partial charge on any atom is -0.341 e. The Hall–Kier alpha value is -2.70. The summed E-state index contributed by atoms with van der Waals surface area (Å²) in [6.45, 7) is 3.11. The topological polar surface area (TPSA) is 71.3 Å². The van der Waals surface area contributed by atoms with Crippen LogP contribution < -0.4 is 0 Å². The highest BCUT2D eigenvalue weighted by atomic mass is 16.2. The van der Waals surface area contributed by atoms with E-state index in [1.807, 2.05) is 35.5 Å². The fourth-order valence-corrected chi connectivity index (χ4v) is 4.00. The Morgan fingerprint density at radius 3 is 2.67 bits per heavy atom. The van der Waals surface area contributed by atoms with Gasteiger partial charge in [-0.25, -0.2) is 4.98 Å². The van der Waals surface area contributed by atoms with Crippen LogP contribution in [0.4, 0.5) is 0 Å². The number of rotatable bonds is 5. The van der Waals surface area contributed by atoms with Crippen LogP contribution >= 0.6 is 0 Å². The third-order valence-corrected chi connectivity index (χ3v) is 5.52. The number of amides is 2. The number of hydrogen-bond acceptors (Lipinski definition) is 4. The van der Waals surface area contributed by atoms with E-state index in [1.54, 1.807) is 11.1 Å². The van der Waals surface area contributed by atoms with Gasteiger partial charge < -0.3 is 14.4 Å². The van der Waals surface area contributed by atoms with E-state index in [0.29, 0.717) is 25.4 Å². The third-order valence-electron chi connectivity index (χ3n) is 5.52. The molecule has 0 bridgehead atoms. The van der Waals surface area contributed by atoms with E-state index in [-0.39, 0.29) is 18.4 Å². The van der Waals surface area contributed by atoms with E-state index in [1.165, 1.54) is 0 Å². The molecule has 2 amide bonds. The number of imidazole rings is 1. The van der Waals surface area contributed by atoms with Gasteiger partial charge in [0.15, 0.2) is 0 Å². The first kappa shape index (κ1) is 17.7. The van der Waals surface area contributed by atoms with E-state index < -0.39 is 0 Å². The molecule has 0 saturated carbocycles. The lowest BCUT2D eigenvalue weighted by Gasteiger charge is -2.33. The Morgan fingerprint density at radius 2 is 1.96 bits per heavy atom. The molecule has 2 aromatic rings. The SMILES string of the molecule is O=C(CN1CCCC1=O)N1CCC(c2nccn2Cc2ccccn2)CC1. The van der Waals surface area contributed by atoms with Crippen molar-refractivity contribution >= 4 is 11.8 Å². The molecule has 2 aliphatic rings. The molecule has 0 radical (unpaired) electrons. The summed E-state index contributed by atoms with van der Waals surface area (Å²) >= 11 is 0. The second-order valence-corrected chi connectivity index (χ2v) is 7.31. The molecule has 2 aliphatic heterocycles. The number of nitrogens with zero attached hydrogens (tertiary/aromatic N) is 5. The Kier molecular flexibility index (Phi) is 5.18. The molecule has 2 saturated heterocycles. The molecule has 2 fully saturated rings. The van der Waals surface area contributed by atoms with E-state index in [4.69, 9.17) is 0 Å². The molecular formula is C20H25N5O2. The zero-order chi connectivity index (χ0) is 18.6. The van der Waals surface area contributed by atoms with Crippen LogP contribution in [0, 0.1) is 0 Å². The highest BCUT2D eigenvalue weighted by Crippen LogP contribution is 2.27. The van der Waals surface area contributed by atoms with Crippen molar-refractivity contribution in [3.05, 3.63) is 48.3 Å². The largest absolute Gasteiger partial charge is 0.341 e. The van der Waals surface area contributed by atoms with Crippen LogP contribution in [-0.2, 0) is 16.1 Å². The number of piperidine rings is 1. The lowest BCUT2D eigenvalue weighted by atomic mass is 9.95. The summed E-state index contributed by atoms with van der Waals surface area (Å²) in [6, 6.07) is 5.93. The van der Waals surface area contributed by atoms with Crippen molar-refractivity contribution in [1.29, 1.82) is 0 Å². The molecule has 7 nitrogen and oxygen atoms in total. The first-order chi connectivity index (χ1) is 13.2. The molecule has 4 heterocycles. The first-order valence-corrected chi connectivity index (χ1v) is 9.67. The van der Waals surface area contributed by atoms with Crippen LogP contribution in [0.25, 0.3) is 0 Å². The van der Waals surface area contributed by atoms with Gasteiger partial charge in [-0.2, -0.15) is 0 Å². The molecule has 0 aromatic carbocycles. The van der Waals surface area contributed by atoms with Gasteiger partial charge >= 0.3 is 0 Å². The highest BCUT2D eigenvalue weighted by Gasteiger charge is 2.29. The van der Waals surface area contributed by atoms with Gasteiger partial charge in [0, 0.05) is 50.6 Å². The summed E-state index contributed by atoms with van der Waals surface area (Å²) in [5.74, 6) is 1.60. The number of carbonyl (C=O) groups excluding carboxylic acids is 2. The van der Waals surface area contributed by atoms with Crippen molar-refractivity contribution in [1.82, 2.24) is 24.3 Å². The van der Waals surface area contributed by atoms with Gasteiger partial charge in [0.1, 0.15) is 5.82 Å². The van der Waals surface area contributed by atoms with E-state index in [2.05, 4.69) is 14.5 Å². The fraction of sp³-hybridized carbons (Fsp3) is 0.500. The Morgan fingerprint density at radius 1 is 1.11 bits per heavy atom. The molecular weight excluding hydrogens is 342 g/mol. The molecule has 7 heteroatoms. The summed E-state index contributed by atoms with van der Waals surface area (Å²) in [4.78, 5) is 36.8. The second-order valence-electron chi connectivity index (χ2n) is 7.31. The predicted molar refractivity (Wildman–Crippen MR) is 99.9 cm³/mol. The van der Waals surface area contributed by atoms with E-state index >= 15 is 0 Å². The van der Waals surface area contributed by atoms with Crippen molar-refractivity contribution in [3.8, 4) is 0 Å². The molecule has 142 valence electrons. The summed E-state index contributed by atoms with van der Waals surface area (Å²) < 4.78 is 2.16. The maximum atomic E-state index is 12.5. The minimum absolute atomic E-state index is 0.0699. The summed E-state index contributed by atoms with van der Waals surface area (Å²) in [5.41, 5.74) is 1.01. The summed E-state index contributed by atoms with van der Waals surface area (Å²) in [5, 5.41) is 0. The monoisotopic (exact) mass is 367 g/mol. The average Bonchev–Trinajstić information content (AvgIpc) is 3.32. The number of hydrogen-bond donors (Lipinski definition) is 0. The number of pyridine rings is 1. The third kappa shape index (κ3) is 4.02. The quantitative estimate of drug-likeness (QED) is 0.806. The van der Waals surface area contributed by atoms with Crippen molar-refractivity contribution in [2.45, 2.75) is 38.1 Å². The highest BCUT2D eigenvalue weighted by molar-refractivity contribution is 5.85. The predicted octanol–water partition coefficient (Wildman–Crippen LogP) is 1.65. The number of aromatic nitrogens is 3. The van der Waals surface area contributed by atoms with Crippen LogP contribution in [0.3, 0.4) is 0 Å². The molecule has 0 atom stereocenters. The molecule has 4 rings (SSSR count). The zero-order valence-electron chi connectivity index (χ0n) is 15.5. The average molecular weight is 367 g/mol. The second kappa shape index (κ2) is 7.90. The van der Waals surface area contributed by atoms with Gasteiger partial charge in [0.25, 0.3) is 0 Å². The molecule has 2 aromatic heterocycles. The maximum absolute atomic E-state index is 12.5. The van der Waals surface area contributed by atoms with Crippen molar-refractivity contribution in [2.24, 2.45) is 0 Å². The van der Waals surface area contributed by atoms with Gasteiger partial charge in [-0.3, -0.25) is 14.6 Å². The van der Waals surface area contributed by atoms with Crippen molar-refractivity contribution in [3.63, 3.8) is 0 Å². The fourth-order valence-electron chi connectivity index (χ4n) is 4.00. The lowest BCUT2D eigenvalue weighted by Crippen LogP contribution is -2.44. The van der Waals surface area contributed by atoms with E-state index in [0.717, 1.165) is 43.9 Å². The van der Waals surface area contributed by atoms with E-state index in [9.17, 15) is 9.59 Å². The Labute approximate surface area is 159 Å². The molecule has 0 spiro atoms. The minimum atomic E-state index is 0.0699. The Bertz CT molecular complexity index is 796. The molecule has 27 heavy (non-hydrogen) atoms. The van der Waals surface area contributed by atoms with Crippen LogP contribution in [-0.4, -0.2) is 62.3 Å². The summed E-state index contributed by atoms with van der Waals surface area (Å²) in [7, 11) is 0. The van der Waals surface area contributed by atoms with Crippen LogP contribution in [0.1, 0.15) is 43.1 Å². The van der Waals surface area contributed by atoms with Crippen molar-refractivity contribution in [2.75, 3.05) is 26.2 Å².